The van der Waals surface area contributed by atoms with E-state index in [1.54, 1.807) is 31.3 Å². The lowest BCUT2D eigenvalue weighted by molar-refractivity contribution is -0.117. The van der Waals surface area contributed by atoms with Gasteiger partial charge in [0.1, 0.15) is 11.5 Å². The molecule has 166 valence electrons. The van der Waals surface area contributed by atoms with Gasteiger partial charge in [0.25, 0.3) is 0 Å². The SMILES string of the molecule is COc1ccc2cc(C(C)C(=O)Nc3ncc(SCc4ncc(C(C)C)o4)s3)ccc2c1. The molecule has 0 aliphatic carbocycles. The van der Waals surface area contributed by atoms with Gasteiger partial charge in [0.2, 0.25) is 11.8 Å². The zero-order valence-electron chi connectivity index (χ0n) is 18.4. The Morgan fingerprint density at radius 2 is 1.91 bits per heavy atom. The summed E-state index contributed by atoms with van der Waals surface area (Å²) >= 11 is 3.04. The number of thiazole rings is 1. The molecule has 1 amide bonds. The number of oxazole rings is 1. The van der Waals surface area contributed by atoms with Crippen molar-refractivity contribution in [1.82, 2.24) is 9.97 Å². The summed E-state index contributed by atoms with van der Waals surface area (Å²) in [6, 6.07) is 12.0. The standard InChI is InChI=1S/C24H25N3O3S2/c1-14(2)20-11-25-21(30-20)13-31-22-12-26-24(32-22)27-23(28)15(3)16-5-6-18-10-19(29-4)8-7-17(18)9-16/h5-12,14-15H,13H2,1-4H3,(H,26,27,28). The van der Waals surface area contributed by atoms with Crippen LogP contribution in [0.3, 0.4) is 0 Å². The third-order valence-electron chi connectivity index (χ3n) is 5.16. The van der Waals surface area contributed by atoms with Crippen molar-refractivity contribution in [3.63, 3.8) is 0 Å². The van der Waals surface area contributed by atoms with Gasteiger partial charge in [-0.25, -0.2) is 9.97 Å². The van der Waals surface area contributed by atoms with E-state index >= 15 is 0 Å². The maximum absolute atomic E-state index is 12.8. The first kappa shape index (κ1) is 22.4. The summed E-state index contributed by atoms with van der Waals surface area (Å²) in [6.07, 6.45) is 3.55. The van der Waals surface area contributed by atoms with Gasteiger partial charge in [-0.1, -0.05) is 49.4 Å². The van der Waals surface area contributed by atoms with Crippen LogP contribution < -0.4 is 10.1 Å². The zero-order chi connectivity index (χ0) is 22.7. The number of ether oxygens (including phenoxy) is 1. The third-order valence-corrected chi connectivity index (χ3v) is 7.25. The highest BCUT2D eigenvalue weighted by atomic mass is 32.2. The van der Waals surface area contributed by atoms with Crippen LogP contribution >= 0.6 is 23.1 Å². The molecule has 0 saturated heterocycles. The fraction of sp³-hybridized carbons (Fsp3) is 0.292. The Kier molecular flexibility index (Phi) is 6.81. The molecule has 32 heavy (non-hydrogen) atoms. The van der Waals surface area contributed by atoms with E-state index in [2.05, 4.69) is 29.1 Å². The second-order valence-corrected chi connectivity index (χ2v) is 10.1. The molecule has 0 radical (unpaired) electrons. The number of nitrogens with zero attached hydrogens (tertiary/aromatic N) is 2. The van der Waals surface area contributed by atoms with Gasteiger partial charge in [-0.15, -0.1) is 11.8 Å². The first-order valence-corrected chi connectivity index (χ1v) is 12.1. The lowest BCUT2D eigenvalue weighted by Gasteiger charge is -2.12. The Morgan fingerprint density at radius 1 is 1.12 bits per heavy atom. The Labute approximate surface area is 195 Å². The number of amides is 1. The molecule has 0 aliphatic rings. The average Bonchev–Trinajstić information content (AvgIpc) is 3.46. The molecule has 6 nitrogen and oxygen atoms in total. The van der Waals surface area contributed by atoms with Gasteiger partial charge >= 0.3 is 0 Å². The number of aromatic nitrogens is 2. The first-order chi connectivity index (χ1) is 15.4. The van der Waals surface area contributed by atoms with Crippen molar-refractivity contribution in [2.24, 2.45) is 0 Å². The van der Waals surface area contributed by atoms with Gasteiger partial charge in [0, 0.05) is 5.92 Å². The quantitative estimate of drug-likeness (QED) is 0.300. The summed E-state index contributed by atoms with van der Waals surface area (Å²) in [7, 11) is 1.65. The molecule has 4 aromatic rings. The van der Waals surface area contributed by atoms with Crippen LogP contribution in [0.15, 0.2) is 57.4 Å². The maximum Gasteiger partial charge on any atom is 0.233 e. The molecular formula is C24H25N3O3S2. The molecule has 1 atom stereocenters. The van der Waals surface area contributed by atoms with Crippen LogP contribution in [0.1, 0.15) is 49.8 Å². The molecule has 2 heterocycles. The van der Waals surface area contributed by atoms with Crippen molar-refractivity contribution in [2.75, 3.05) is 12.4 Å². The number of carbonyl (C=O) groups is 1. The van der Waals surface area contributed by atoms with E-state index < -0.39 is 0 Å². The number of anilines is 1. The highest BCUT2D eigenvalue weighted by Gasteiger charge is 2.18. The van der Waals surface area contributed by atoms with Crippen molar-refractivity contribution in [3.05, 3.63) is 66.0 Å². The molecule has 2 aromatic heterocycles. The molecule has 4 rings (SSSR count). The van der Waals surface area contributed by atoms with Crippen LogP contribution in [0.4, 0.5) is 5.13 Å². The van der Waals surface area contributed by atoms with Crippen molar-refractivity contribution in [3.8, 4) is 5.75 Å². The number of nitrogens with one attached hydrogen (secondary N) is 1. The molecule has 0 saturated carbocycles. The van der Waals surface area contributed by atoms with Crippen molar-refractivity contribution >= 4 is 44.9 Å². The van der Waals surface area contributed by atoms with E-state index in [1.165, 1.54) is 11.3 Å². The second-order valence-electron chi connectivity index (χ2n) is 7.77. The highest BCUT2D eigenvalue weighted by molar-refractivity contribution is 8.00. The van der Waals surface area contributed by atoms with Crippen LogP contribution in [0.2, 0.25) is 0 Å². The molecule has 8 heteroatoms. The summed E-state index contributed by atoms with van der Waals surface area (Å²) in [4.78, 5) is 21.5. The highest BCUT2D eigenvalue weighted by Crippen LogP contribution is 2.32. The summed E-state index contributed by atoms with van der Waals surface area (Å²) in [5.74, 6) is 2.96. The number of benzene rings is 2. The van der Waals surface area contributed by atoms with Crippen molar-refractivity contribution < 1.29 is 13.9 Å². The van der Waals surface area contributed by atoms with Gasteiger partial charge in [0.05, 0.1) is 35.4 Å². The molecule has 1 unspecified atom stereocenters. The van der Waals surface area contributed by atoms with Crippen molar-refractivity contribution in [2.45, 2.75) is 42.6 Å². The first-order valence-electron chi connectivity index (χ1n) is 10.3. The van der Waals surface area contributed by atoms with E-state index in [-0.39, 0.29) is 11.8 Å². The average molecular weight is 468 g/mol. The fourth-order valence-corrected chi connectivity index (χ4v) is 4.91. The molecule has 0 spiro atoms. The van der Waals surface area contributed by atoms with Crippen LogP contribution in [-0.2, 0) is 10.5 Å². The number of carbonyl (C=O) groups excluding carboxylic acids is 1. The van der Waals surface area contributed by atoms with Crippen LogP contribution in [0, 0.1) is 0 Å². The predicted octanol–water partition coefficient (Wildman–Crippen LogP) is 6.45. The number of methoxy groups -OCH3 is 1. The van der Waals surface area contributed by atoms with E-state index in [9.17, 15) is 4.79 Å². The van der Waals surface area contributed by atoms with E-state index in [1.807, 2.05) is 43.3 Å². The minimum absolute atomic E-state index is 0.0851. The smallest absolute Gasteiger partial charge is 0.233 e. The second kappa shape index (κ2) is 9.75. The summed E-state index contributed by atoms with van der Waals surface area (Å²) in [5, 5.41) is 5.68. The van der Waals surface area contributed by atoms with Crippen LogP contribution in [0.5, 0.6) is 5.75 Å². The van der Waals surface area contributed by atoms with Crippen molar-refractivity contribution in [1.29, 1.82) is 0 Å². The Balaban J connectivity index is 1.37. The Morgan fingerprint density at radius 3 is 2.66 bits per heavy atom. The molecular weight excluding hydrogens is 442 g/mol. The lowest BCUT2D eigenvalue weighted by atomic mass is 9.97. The van der Waals surface area contributed by atoms with Crippen LogP contribution in [-0.4, -0.2) is 23.0 Å². The Bertz CT molecular complexity index is 1230. The third kappa shape index (κ3) is 5.14. The fourth-order valence-electron chi connectivity index (χ4n) is 3.18. The monoisotopic (exact) mass is 467 g/mol. The lowest BCUT2D eigenvalue weighted by Crippen LogP contribution is -2.18. The molecule has 2 aromatic carbocycles. The van der Waals surface area contributed by atoms with E-state index in [4.69, 9.17) is 9.15 Å². The van der Waals surface area contributed by atoms with Crippen LogP contribution in [0.25, 0.3) is 10.8 Å². The number of hydrogen-bond acceptors (Lipinski definition) is 7. The number of rotatable bonds is 8. The summed E-state index contributed by atoms with van der Waals surface area (Å²) in [6.45, 7) is 6.05. The minimum Gasteiger partial charge on any atom is -0.497 e. The van der Waals surface area contributed by atoms with Gasteiger partial charge in [0.15, 0.2) is 5.13 Å². The zero-order valence-corrected chi connectivity index (χ0v) is 20.0. The van der Waals surface area contributed by atoms with Gasteiger partial charge in [-0.3, -0.25) is 4.79 Å². The maximum atomic E-state index is 12.8. The number of hydrogen-bond donors (Lipinski definition) is 1. The Hall–Kier alpha value is -2.84. The minimum atomic E-state index is -0.303. The van der Waals surface area contributed by atoms with Gasteiger partial charge in [-0.2, -0.15) is 0 Å². The largest absolute Gasteiger partial charge is 0.497 e. The normalized spacial score (nSPS) is 12.3. The van der Waals surface area contributed by atoms with E-state index in [0.29, 0.717) is 22.7 Å². The molecule has 1 N–H and O–H groups in total. The predicted molar refractivity (Wildman–Crippen MR) is 130 cm³/mol. The summed E-state index contributed by atoms with van der Waals surface area (Å²) < 4.78 is 12.0. The van der Waals surface area contributed by atoms with Gasteiger partial charge in [-0.05, 0) is 35.4 Å². The summed E-state index contributed by atoms with van der Waals surface area (Å²) in [5.41, 5.74) is 0.955. The molecule has 0 bridgehead atoms. The number of thioether (sulfide) groups is 1. The number of fused-ring (bicyclic) bond motifs is 1. The molecule has 0 aliphatic heterocycles. The topological polar surface area (TPSA) is 77.2 Å². The molecule has 0 fully saturated rings. The van der Waals surface area contributed by atoms with E-state index in [0.717, 1.165) is 32.1 Å². The van der Waals surface area contributed by atoms with Gasteiger partial charge < -0.3 is 14.5 Å².